The normalized spacial score (nSPS) is 6.29. The highest BCUT2D eigenvalue weighted by atomic mass is 19.3. The van der Waals surface area contributed by atoms with Crippen molar-refractivity contribution in [3.63, 3.8) is 0 Å². The van der Waals surface area contributed by atoms with E-state index in [9.17, 15) is 13.6 Å². The summed E-state index contributed by atoms with van der Waals surface area (Å²) in [5, 5.41) is 0. The molecule has 0 spiro atoms. The SMILES string of the molecule is CC(C)=O.FCF. The lowest BCUT2D eigenvalue weighted by Gasteiger charge is -1.56. The maximum atomic E-state index is 9.62. The topological polar surface area (TPSA) is 17.1 Å². The Morgan fingerprint density at radius 3 is 1.43 bits per heavy atom. The van der Waals surface area contributed by atoms with Gasteiger partial charge in [-0.2, -0.15) is 0 Å². The van der Waals surface area contributed by atoms with Gasteiger partial charge >= 0.3 is 0 Å². The fourth-order valence-electron chi connectivity index (χ4n) is 0. The summed E-state index contributed by atoms with van der Waals surface area (Å²) in [6.45, 7) is 1.31. The largest absolute Gasteiger partial charge is 0.300 e. The number of rotatable bonds is 0. The van der Waals surface area contributed by atoms with E-state index in [-0.39, 0.29) is 5.78 Å². The Labute approximate surface area is 41.3 Å². The molecule has 0 saturated heterocycles. The van der Waals surface area contributed by atoms with E-state index in [2.05, 4.69) is 0 Å². The molecule has 0 aromatic heterocycles. The first-order valence-electron chi connectivity index (χ1n) is 1.74. The van der Waals surface area contributed by atoms with Gasteiger partial charge in [-0.25, -0.2) is 8.78 Å². The summed E-state index contributed by atoms with van der Waals surface area (Å²) in [5.41, 5.74) is 0. The van der Waals surface area contributed by atoms with Crippen molar-refractivity contribution in [1.29, 1.82) is 0 Å². The summed E-state index contributed by atoms with van der Waals surface area (Å²) >= 11 is 0. The van der Waals surface area contributed by atoms with E-state index < -0.39 is 6.93 Å². The number of carbonyl (C=O) groups excluding carboxylic acids is 1. The lowest BCUT2D eigenvalue weighted by Crippen LogP contribution is -1.69. The third-order valence-corrected chi connectivity index (χ3v) is 0. The number of hydrogen-bond donors (Lipinski definition) is 0. The quantitative estimate of drug-likeness (QED) is 0.461. The molecule has 1 nitrogen and oxygen atoms in total. The van der Waals surface area contributed by atoms with E-state index in [0.29, 0.717) is 0 Å². The Bertz CT molecular complexity index is 41.0. The third-order valence-electron chi connectivity index (χ3n) is 0. The lowest BCUT2D eigenvalue weighted by atomic mass is 10.6. The number of halogens is 2. The van der Waals surface area contributed by atoms with Crippen LogP contribution in [-0.2, 0) is 4.79 Å². The average molecular weight is 110 g/mol. The van der Waals surface area contributed by atoms with Crippen LogP contribution in [0.2, 0.25) is 0 Å². The summed E-state index contributed by atoms with van der Waals surface area (Å²) < 4.78 is 19.2. The minimum absolute atomic E-state index is 0.167. The molecule has 0 bridgehead atoms. The molecule has 0 heterocycles. The van der Waals surface area contributed by atoms with Crippen molar-refractivity contribution in [3.05, 3.63) is 0 Å². The van der Waals surface area contributed by atoms with Gasteiger partial charge in [0.15, 0.2) is 0 Å². The molecular weight excluding hydrogens is 102 g/mol. The first-order valence-corrected chi connectivity index (χ1v) is 1.74. The molecule has 0 radical (unpaired) electrons. The standard InChI is InChI=1S/C3H6O.CH2F2/c1-3(2)4;2-1-3/h1-2H3;1H2. The molecule has 0 atom stereocenters. The molecule has 0 unspecified atom stereocenters. The van der Waals surface area contributed by atoms with Crippen molar-refractivity contribution in [1.82, 2.24) is 0 Å². The highest BCUT2D eigenvalue weighted by molar-refractivity contribution is 5.72. The highest BCUT2D eigenvalue weighted by Gasteiger charge is 1.62. The first kappa shape index (κ1) is 9.73. The van der Waals surface area contributed by atoms with Gasteiger partial charge in [0, 0.05) is 0 Å². The van der Waals surface area contributed by atoms with E-state index in [0.717, 1.165) is 0 Å². The van der Waals surface area contributed by atoms with E-state index >= 15 is 0 Å². The van der Waals surface area contributed by atoms with E-state index in [4.69, 9.17) is 0 Å². The predicted octanol–water partition coefficient (Wildman–Crippen LogP) is 1.48. The molecule has 44 valence electrons. The monoisotopic (exact) mass is 110 g/mol. The van der Waals surface area contributed by atoms with Crippen molar-refractivity contribution in [2.45, 2.75) is 13.8 Å². The Kier molecular flexibility index (Phi) is 12.7. The van der Waals surface area contributed by atoms with Crippen LogP contribution in [0.15, 0.2) is 0 Å². The van der Waals surface area contributed by atoms with E-state index in [1.54, 1.807) is 0 Å². The Morgan fingerprint density at radius 1 is 1.43 bits per heavy atom. The molecule has 0 aliphatic rings. The number of hydrogen-bond acceptors (Lipinski definition) is 1. The van der Waals surface area contributed by atoms with Crippen LogP contribution in [0.1, 0.15) is 13.8 Å². The molecule has 0 aromatic carbocycles. The molecule has 0 amide bonds. The van der Waals surface area contributed by atoms with Crippen LogP contribution >= 0.6 is 0 Å². The number of carbonyl (C=O) groups is 1. The molecule has 0 saturated carbocycles. The van der Waals surface area contributed by atoms with Crippen LogP contribution in [-0.4, -0.2) is 12.7 Å². The molecule has 0 aliphatic heterocycles. The second-order valence-corrected chi connectivity index (χ2v) is 1.01. The molecular formula is C4H8F2O. The van der Waals surface area contributed by atoms with Gasteiger partial charge in [0.1, 0.15) is 5.78 Å². The molecule has 0 aliphatic carbocycles. The van der Waals surface area contributed by atoms with Crippen LogP contribution in [0.5, 0.6) is 0 Å². The first-order chi connectivity index (χ1) is 3.15. The maximum absolute atomic E-state index is 9.62. The Hall–Kier alpha value is -0.470. The predicted molar refractivity (Wildman–Crippen MR) is 23.4 cm³/mol. The van der Waals surface area contributed by atoms with Crippen molar-refractivity contribution in [3.8, 4) is 0 Å². The van der Waals surface area contributed by atoms with Crippen LogP contribution in [0.25, 0.3) is 0 Å². The van der Waals surface area contributed by atoms with Gasteiger partial charge in [-0.1, -0.05) is 0 Å². The minimum atomic E-state index is -1.75. The van der Waals surface area contributed by atoms with Crippen LogP contribution in [0.3, 0.4) is 0 Å². The van der Waals surface area contributed by atoms with Gasteiger partial charge in [0.05, 0.1) is 0 Å². The van der Waals surface area contributed by atoms with Crippen molar-refractivity contribution in [2.24, 2.45) is 0 Å². The van der Waals surface area contributed by atoms with Crippen molar-refractivity contribution >= 4 is 5.78 Å². The maximum Gasteiger partial charge on any atom is 0.229 e. The fraction of sp³-hybridized carbons (Fsp3) is 0.750. The fourth-order valence-corrected chi connectivity index (χ4v) is 0. The minimum Gasteiger partial charge on any atom is -0.300 e. The molecule has 3 heteroatoms. The zero-order chi connectivity index (χ0) is 6.28. The summed E-state index contributed by atoms with van der Waals surface area (Å²) in [6.07, 6.45) is 0. The van der Waals surface area contributed by atoms with Crippen LogP contribution in [0, 0.1) is 0 Å². The van der Waals surface area contributed by atoms with Gasteiger partial charge in [-0.15, -0.1) is 0 Å². The average Bonchev–Trinajstić information content (AvgIpc) is 1.33. The number of Topliss-reactive ketones (excluding diaryl/α,β-unsaturated/α-hetero) is 1. The van der Waals surface area contributed by atoms with Crippen molar-refractivity contribution < 1.29 is 13.6 Å². The van der Waals surface area contributed by atoms with E-state index in [1.165, 1.54) is 13.8 Å². The number of alkyl halides is 2. The molecule has 0 fully saturated rings. The zero-order valence-corrected chi connectivity index (χ0v) is 4.37. The Morgan fingerprint density at radius 2 is 1.43 bits per heavy atom. The number of ketones is 1. The lowest BCUT2D eigenvalue weighted by molar-refractivity contribution is -0.114. The van der Waals surface area contributed by atoms with Gasteiger partial charge in [-0.3, -0.25) is 0 Å². The van der Waals surface area contributed by atoms with Gasteiger partial charge < -0.3 is 4.79 Å². The smallest absolute Gasteiger partial charge is 0.229 e. The second kappa shape index (κ2) is 9.11. The summed E-state index contributed by atoms with van der Waals surface area (Å²) in [4.78, 5) is 9.44. The van der Waals surface area contributed by atoms with Gasteiger partial charge in [-0.05, 0) is 13.8 Å². The molecule has 7 heavy (non-hydrogen) atoms. The van der Waals surface area contributed by atoms with Crippen LogP contribution < -0.4 is 0 Å². The van der Waals surface area contributed by atoms with Gasteiger partial charge in [0.25, 0.3) is 0 Å². The molecule has 0 aromatic rings. The highest BCUT2D eigenvalue weighted by Crippen LogP contribution is 1.56. The van der Waals surface area contributed by atoms with Gasteiger partial charge in [0.2, 0.25) is 6.93 Å². The third kappa shape index (κ3) is 312. The Balaban J connectivity index is 0. The van der Waals surface area contributed by atoms with E-state index in [1.807, 2.05) is 0 Å². The summed E-state index contributed by atoms with van der Waals surface area (Å²) in [6, 6.07) is 0. The molecule has 0 rings (SSSR count). The summed E-state index contributed by atoms with van der Waals surface area (Å²) in [5.74, 6) is 0.167. The molecule has 0 N–H and O–H groups in total. The summed E-state index contributed by atoms with van der Waals surface area (Å²) in [7, 11) is 0. The van der Waals surface area contributed by atoms with Crippen LogP contribution in [0.4, 0.5) is 8.78 Å². The second-order valence-electron chi connectivity index (χ2n) is 1.01. The zero-order valence-electron chi connectivity index (χ0n) is 4.37. The van der Waals surface area contributed by atoms with Crippen molar-refractivity contribution in [2.75, 3.05) is 6.93 Å².